The van der Waals surface area contributed by atoms with Gasteiger partial charge < -0.3 is 19.3 Å². The first kappa shape index (κ1) is 17.7. The van der Waals surface area contributed by atoms with Gasteiger partial charge in [0.25, 0.3) is 0 Å². The minimum atomic E-state index is -0.638. The molecule has 0 spiro atoms. The molecular formula is C19H24O6. The Balaban J connectivity index is 1.94. The lowest BCUT2D eigenvalue weighted by Gasteiger charge is -2.36. The number of benzene rings is 1. The largest absolute Gasteiger partial charge is 0.507 e. The summed E-state index contributed by atoms with van der Waals surface area (Å²) >= 11 is 0. The molecule has 136 valence electrons. The molecule has 0 amide bonds. The number of carbonyl (C=O) groups excluding carboxylic acids is 2. The smallest absolute Gasteiger partial charge is 0.342 e. The predicted octanol–water partition coefficient (Wildman–Crippen LogP) is 2.61. The van der Waals surface area contributed by atoms with Crippen LogP contribution in [0.2, 0.25) is 0 Å². The number of fused-ring (bicyclic) bond motifs is 3. The van der Waals surface area contributed by atoms with Crippen LogP contribution in [0.15, 0.2) is 18.2 Å². The maximum atomic E-state index is 12.6. The number of aromatic hydroxyl groups is 1. The highest BCUT2D eigenvalue weighted by Crippen LogP contribution is 2.33. The Morgan fingerprint density at radius 1 is 1.28 bits per heavy atom. The van der Waals surface area contributed by atoms with Gasteiger partial charge in [0.15, 0.2) is 0 Å². The predicted molar refractivity (Wildman–Crippen MR) is 89.3 cm³/mol. The average Bonchev–Trinajstić information content (AvgIpc) is 2.53. The molecule has 4 unspecified atom stereocenters. The number of hydrogen-bond acceptors (Lipinski definition) is 6. The third-order valence-corrected chi connectivity index (χ3v) is 4.92. The summed E-state index contributed by atoms with van der Waals surface area (Å²) in [5.41, 5.74) is 0.874. The van der Waals surface area contributed by atoms with Crippen molar-refractivity contribution in [1.29, 1.82) is 0 Å². The molecule has 0 aromatic heterocycles. The van der Waals surface area contributed by atoms with Gasteiger partial charge in [-0.3, -0.25) is 4.79 Å². The zero-order chi connectivity index (χ0) is 18.0. The van der Waals surface area contributed by atoms with E-state index in [-0.39, 0.29) is 29.9 Å². The highest BCUT2D eigenvalue weighted by molar-refractivity contribution is 5.94. The topological polar surface area (TPSA) is 82.1 Å². The number of esters is 2. The van der Waals surface area contributed by atoms with Gasteiger partial charge in [-0.05, 0) is 36.8 Å². The van der Waals surface area contributed by atoms with Crippen molar-refractivity contribution in [3.63, 3.8) is 0 Å². The first-order chi connectivity index (χ1) is 12.0. The Kier molecular flexibility index (Phi) is 5.27. The summed E-state index contributed by atoms with van der Waals surface area (Å²) in [7, 11) is 1.31. The van der Waals surface area contributed by atoms with E-state index in [1.54, 1.807) is 6.07 Å². The molecular weight excluding hydrogens is 324 g/mol. The molecule has 0 radical (unpaired) electrons. The molecule has 1 saturated heterocycles. The second kappa shape index (κ2) is 7.44. The first-order valence-electron chi connectivity index (χ1n) is 8.70. The molecule has 1 aromatic rings. The van der Waals surface area contributed by atoms with Crippen molar-refractivity contribution in [2.45, 2.75) is 57.3 Å². The van der Waals surface area contributed by atoms with Gasteiger partial charge in [-0.2, -0.15) is 0 Å². The molecule has 4 atom stereocenters. The SMILES string of the molecule is COC(=O)CC1CC2CC(C)CC(Cc3cccc(O)c3C(=O)O1)O2. The van der Waals surface area contributed by atoms with Crippen LogP contribution in [-0.4, -0.2) is 42.5 Å². The molecule has 6 nitrogen and oxygen atoms in total. The summed E-state index contributed by atoms with van der Waals surface area (Å²) < 4.78 is 16.5. The minimum Gasteiger partial charge on any atom is -0.507 e. The average molecular weight is 348 g/mol. The first-order valence-corrected chi connectivity index (χ1v) is 8.70. The molecule has 0 saturated carbocycles. The summed E-state index contributed by atoms with van der Waals surface area (Å²) in [5, 5.41) is 10.2. The van der Waals surface area contributed by atoms with E-state index in [0.717, 1.165) is 12.8 Å². The number of hydrogen-bond donors (Lipinski definition) is 1. The lowest BCUT2D eigenvalue weighted by molar-refractivity contribution is -0.144. The van der Waals surface area contributed by atoms with Gasteiger partial charge in [-0.1, -0.05) is 19.1 Å². The van der Waals surface area contributed by atoms with Gasteiger partial charge in [0.05, 0.1) is 25.7 Å². The van der Waals surface area contributed by atoms with Gasteiger partial charge in [0.2, 0.25) is 0 Å². The van der Waals surface area contributed by atoms with Crippen molar-refractivity contribution in [2.24, 2.45) is 5.92 Å². The van der Waals surface area contributed by atoms with Crippen LogP contribution in [0.5, 0.6) is 5.75 Å². The van der Waals surface area contributed by atoms with E-state index in [4.69, 9.17) is 14.2 Å². The molecule has 6 heteroatoms. The van der Waals surface area contributed by atoms with Gasteiger partial charge in [-0.15, -0.1) is 0 Å². The third-order valence-electron chi connectivity index (χ3n) is 4.92. The number of phenolic OH excluding ortho intramolecular Hbond substituents is 1. The van der Waals surface area contributed by atoms with Crippen molar-refractivity contribution >= 4 is 11.9 Å². The molecule has 0 aliphatic carbocycles. The third kappa shape index (κ3) is 4.12. The molecule has 2 aliphatic heterocycles. The Hall–Kier alpha value is -2.08. The zero-order valence-corrected chi connectivity index (χ0v) is 14.6. The van der Waals surface area contributed by atoms with Crippen LogP contribution in [0.25, 0.3) is 0 Å². The number of rotatable bonds is 2. The Bertz CT molecular complexity index is 655. The number of ether oxygens (including phenoxy) is 3. The van der Waals surface area contributed by atoms with Crippen LogP contribution in [0.1, 0.15) is 48.5 Å². The zero-order valence-electron chi connectivity index (χ0n) is 14.6. The number of phenols is 1. The summed E-state index contributed by atoms with van der Waals surface area (Å²) in [6.45, 7) is 2.18. The Morgan fingerprint density at radius 2 is 2.04 bits per heavy atom. The molecule has 1 fully saturated rings. The van der Waals surface area contributed by atoms with Gasteiger partial charge in [0.1, 0.15) is 17.4 Å². The second-order valence-electron chi connectivity index (χ2n) is 7.02. The normalized spacial score (nSPS) is 29.3. The molecule has 1 aromatic carbocycles. The standard InChI is InChI=1S/C19H24O6/c1-11-6-13-8-12-4-3-5-16(20)18(12)19(22)25-15(10-17(21)23-2)9-14(7-11)24-13/h3-5,11,13-15,20H,6-10H2,1-2H3. The fourth-order valence-electron chi connectivity index (χ4n) is 3.84. The fraction of sp³-hybridized carbons (Fsp3) is 0.579. The van der Waals surface area contributed by atoms with Crippen LogP contribution in [0.4, 0.5) is 0 Å². The van der Waals surface area contributed by atoms with Crippen LogP contribution < -0.4 is 0 Å². The van der Waals surface area contributed by atoms with Crippen molar-refractivity contribution in [2.75, 3.05) is 7.11 Å². The maximum Gasteiger partial charge on any atom is 0.342 e. The molecule has 25 heavy (non-hydrogen) atoms. The van der Waals surface area contributed by atoms with Crippen molar-refractivity contribution in [3.8, 4) is 5.75 Å². The maximum absolute atomic E-state index is 12.6. The molecule has 1 N–H and O–H groups in total. The van der Waals surface area contributed by atoms with Gasteiger partial charge >= 0.3 is 11.9 Å². The summed E-state index contributed by atoms with van der Waals surface area (Å²) in [6.07, 6.45) is 2.05. The van der Waals surface area contributed by atoms with Crippen LogP contribution >= 0.6 is 0 Å². The van der Waals surface area contributed by atoms with Gasteiger partial charge in [0, 0.05) is 6.42 Å². The minimum absolute atomic E-state index is 0.0148. The van der Waals surface area contributed by atoms with Crippen LogP contribution in [-0.2, 0) is 25.4 Å². The van der Waals surface area contributed by atoms with E-state index in [1.165, 1.54) is 13.2 Å². The Labute approximate surface area is 147 Å². The van der Waals surface area contributed by atoms with E-state index in [1.807, 2.05) is 6.07 Å². The van der Waals surface area contributed by atoms with Crippen LogP contribution in [0, 0.1) is 5.92 Å². The number of cyclic esters (lactones) is 1. The molecule has 3 rings (SSSR count). The lowest BCUT2D eigenvalue weighted by Crippen LogP contribution is -2.38. The molecule has 2 heterocycles. The van der Waals surface area contributed by atoms with E-state index in [9.17, 15) is 14.7 Å². The van der Waals surface area contributed by atoms with E-state index < -0.39 is 18.0 Å². The van der Waals surface area contributed by atoms with Crippen molar-refractivity contribution < 1.29 is 28.9 Å². The lowest BCUT2D eigenvalue weighted by atomic mass is 9.87. The van der Waals surface area contributed by atoms with E-state index in [2.05, 4.69) is 6.92 Å². The van der Waals surface area contributed by atoms with Crippen LogP contribution in [0.3, 0.4) is 0 Å². The highest BCUT2D eigenvalue weighted by atomic mass is 16.6. The summed E-state index contributed by atoms with van der Waals surface area (Å²) in [4.78, 5) is 24.3. The second-order valence-corrected chi connectivity index (χ2v) is 7.02. The summed E-state index contributed by atoms with van der Waals surface area (Å²) in [6, 6.07) is 4.99. The molecule has 2 aliphatic rings. The fourth-order valence-corrected chi connectivity index (χ4v) is 3.84. The number of carbonyl (C=O) groups is 2. The summed E-state index contributed by atoms with van der Waals surface area (Å²) in [5.74, 6) is -0.665. The quantitative estimate of drug-likeness (QED) is 0.828. The van der Waals surface area contributed by atoms with Gasteiger partial charge in [-0.25, -0.2) is 4.79 Å². The van der Waals surface area contributed by atoms with E-state index in [0.29, 0.717) is 24.3 Å². The Morgan fingerprint density at radius 3 is 2.80 bits per heavy atom. The number of methoxy groups -OCH3 is 1. The highest BCUT2D eigenvalue weighted by Gasteiger charge is 2.34. The monoisotopic (exact) mass is 348 g/mol. The van der Waals surface area contributed by atoms with E-state index >= 15 is 0 Å². The molecule has 2 bridgehead atoms. The van der Waals surface area contributed by atoms with Crippen molar-refractivity contribution in [3.05, 3.63) is 29.3 Å². The van der Waals surface area contributed by atoms with Crippen molar-refractivity contribution in [1.82, 2.24) is 0 Å².